The monoisotopic (exact) mass is 285 g/mol. The maximum atomic E-state index is 13.6. The number of hydrogen-bond donors (Lipinski definition) is 1. The van der Waals surface area contributed by atoms with Gasteiger partial charge in [-0.2, -0.15) is 5.10 Å². The molecule has 100 valence electrons. The second-order valence-electron chi connectivity index (χ2n) is 4.28. The van der Waals surface area contributed by atoms with Gasteiger partial charge >= 0.3 is 0 Å². The summed E-state index contributed by atoms with van der Waals surface area (Å²) in [6.45, 7) is 1.76. The molecule has 3 rings (SSSR count). The number of thiazole rings is 1. The highest BCUT2D eigenvalue weighted by Gasteiger charge is 2.05. The van der Waals surface area contributed by atoms with E-state index >= 15 is 0 Å². The second kappa shape index (κ2) is 5.38. The molecule has 20 heavy (non-hydrogen) atoms. The molecule has 0 amide bonds. The fraction of sp³-hybridized carbons (Fsp3) is 0.0667. The SMILES string of the molecule is C/C(=N/Nc1nc2ccccc2s1)c1ccccc1F. The van der Waals surface area contributed by atoms with Crippen LogP contribution >= 0.6 is 11.3 Å². The molecule has 0 saturated carbocycles. The van der Waals surface area contributed by atoms with Crippen molar-refractivity contribution in [3.8, 4) is 0 Å². The first kappa shape index (κ1) is 12.7. The smallest absolute Gasteiger partial charge is 0.204 e. The van der Waals surface area contributed by atoms with Crippen molar-refractivity contribution in [1.82, 2.24) is 4.98 Å². The molecular weight excluding hydrogens is 273 g/mol. The van der Waals surface area contributed by atoms with Crippen LogP contribution in [0.4, 0.5) is 9.52 Å². The van der Waals surface area contributed by atoms with Crippen molar-refractivity contribution in [2.45, 2.75) is 6.92 Å². The van der Waals surface area contributed by atoms with Crippen molar-refractivity contribution < 1.29 is 4.39 Å². The third-order valence-electron chi connectivity index (χ3n) is 2.88. The number of nitrogens with zero attached hydrogens (tertiary/aromatic N) is 2. The van der Waals surface area contributed by atoms with Gasteiger partial charge in [0.05, 0.1) is 15.9 Å². The summed E-state index contributed by atoms with van der Waals surface area (Å²) in [7, 11) is 0. The lowest BCUT2D eigenvalue weighted by atomic mass is 10.1. The van der Waals surface area contributed by atoms with Crippen LogP contribution < -0.4 is 5.43 Å². The van der Waals surface area contributed by atoms with Crippen molar-refractivity contribution in [2.75, 3.05) is 5.43 Å². The van der Waals surface area contributed by atoms with E-state index in [0.29, 0.717) is 16.4 Å². The van der Waals surface area contributed by atoms with Crippen LogP contribution in [0, 0.1) is 5.82 Å². The van der Waals surface area contributed by atoms with Crippen LogP contribution in [0.25, 0.3) is 10.2 Å². The van der Waals surface area contributed by atoms with E-state index in [1.54, 1.807) is 25.1 Å². The molecule has 1 heterocycles. The predicted octanol–water partition coefficient (Wildman–Crippen LogP) is 4.27. The van der Waals surface area contributed by atoms with Gasteiger partial charge in [0.2, 0.25) is 5.13 Å². The Hall–Kier alpha value is -2.27. The minimum atomic E-state index is -0.278. The van der Waals surface area contributed by atoms with E-state index in [1.165, 1.54) is 17.4 Å². The summed E-state index contributed by atoms with van der Waals surface area (Å²) in [6, 6.07) is 14.4. The third kappa shape index (κ3) is 2.53. The van der Waals surface area contributed by atoms with Crippen LogP contribution in [0.15, 0.2) is 53.6 Å². The van der Waals surface area contributed by atoms with Crippen molar-refractivity contribution in [2.24, 2.45) is 5.10 Å². The van der Waals surface area contributed by atoms with Gasteiger partial charge in [0.1, 0.15) is 5.82 Å². The molecule has 0 aliphatic rings. The second-order valence-corrected chi connectivity index (χ2v) is 5.31. The quantitative estimate of drug-likeness (QED) is 0.576. The van der Waals surface area contributed by atoms with Crippen LogP contribution in [0.5, 0.6) is 0 Å². The number of benzene rings is 2. The fourth-order valence-electron chi connectivity index (χ4n) is 1.87. The van der Waals surface area contributed by atoms with E-state index in [9.17, 15) is 4.39 Å². The zero-order valence-electron chi connectivity index (χ0n) is 10.8. The molecule has 0 bridgehead atoms. The van der Waals surface area contributed by atoms with Crippen LogP contribution in [0.3, 0.4) is 0 Å². The molecule has 0 radical (unpaired) electrons. The summed E-state index contributed by atoms with van der Waals surface area (Å²) in [5.41, 5.74) is 4.89. The lowest BCUT2D eigenvalue weighted by molar-refractivity contribution is 0.625. The van der Waals surface area contributed by atoms with Crippen molar-refractivity contribution >= 4 is 32.4 Å². The fourth-order valence-corrected chi connectivity index (χ4v) is 2.68. The first-order valence-electron chi connectivity index (χ1n) is 6.15. The van der Waals surface area contributed by atoms with Gasteiger partial charge in [-0.15, -0.1) is 0 Å². The molecular formula is C15H12FN3S. The molecule has 0 spiro atoms. The summed E-state index contributed by atoms with van der Waals surface area (Å²) in [4.78, 5) is 4.41. The van der Waals surface area contributed by atoms with Gasteiger partial charge < -0.3 is 0 Å². The van der Waals surface area contributed by atoms with Crippen LogP contribution in [-0.2, 0) is 0 Å². The minimum absolute atomic E-state index is 0.278. The van der Waals surface area contributed by atoms with Gasteiger partial charge in [-0.25, -0.2) is 9.37 Å². The Morgan fingerprint density at radius 2 is 1.90 bits per heavy atom. The molecule has 0 fully saturated rings. The normalized spacial score (nSPS) is 11.8. The average Bonchev–Trinajstić information content (AvgIpc) is 2.88. The summed E-state index contributed by atoms with van der Waals surface area (Å²) >= 11 is 1.52. The molecule has 0 saturated heterocycles. The largest absolute Gasteiger partial charge is 0.252 e. The number of hydrazone groups is 1. The highest BCUT2D eigenvalue weighted by Crippen LogP contribution is 2.25. The first-order valence-corrected chi connectivity index (χ1v) is 6.96. The predicted molar refractivity (Wildman–Crippen MR) is 81.9 cm³/mol. The minimum Gasteiger partial charge on any atom is -0.252 e. The lowest BCUT2D eigenvalue weighted by Crippen LogP contribution is -2.02. The van der Waals surface area contributed by atoms with Crippen molar-refractivity contribution in [3.63, 3.8) is 0 Å². The number of aromatic nitrogens is 1. The molecule has 5 heteroatoms. The Balaban J connectivity index is 1.84. The first-order chi connectivity index (χ1) is 9.74. The maximum Gasteiger partial charge on any atom is 0.204 e. The summed E-state index contributed by atoms with van der Waals surface area (Å²) in [6.07, 6.45) is 0. The van der Waals surface area contributed by atoms with E-state index in [0.717, 1.165) is 10.2 Å². The summed E-state index contributed by atoms with van der Waals surface area (Å²) < 4.78 is 14.7. The average molecular weight is 285 g/mol. The molecule has 3 nitrogen and oxygen atoms in total. The molecule has 0 aliphatic carbocycles. The van der Waals surface area contributed by atoms with Crippen LogP contribution in [0.1, 0.15) is 12.5 Å². The Morgan fingerprint density at radius 1 is 1.15 bits per heavy atom. The Labute approximate surface area is 119 Å². The lowest BCUT2D eigenvalue weighted by Gasteiger charge is -2.02. The Kier molecular flexibility index (Phi) is 3.43. The van der Waals surface area contributed by atoms with Gasteiger partial charge in [0.15, 0.2) is 0 Å². The Morgan fingerprint density at radius 3 is 2.70 bits per heavy atom. The zero-order chi connectivity index (χ0) is 13.9. The summed E-state index contributed by atoms with van der Waals surface area (Å²) in [5.74, 6) is -0.278. The maximum absolute atomic E-state index is 13.6. The van der Waals surface area contributed by atoms with E-state index in [-0.39, 0.29) is 5.82 Å². The molecule has 1 N–H and O–H groups in total. The van der Waals surface area contributed by atoms with Crippen LogP contribution in [0.2, 0.25) is 0 Å². The molecule has 0 atom stereocenters. The van der Waals surface area contributed by atoms with Crippen molar-refractivity contribution in [1.29, 1.82) is 0 Å². The van der Waals surface area contributed by atoms with Gasteiger partial charge in [-0.3, -0.25) is 5.43 Å². The van der Waals surface area contributed by atoms with Gasteiger partial charge in [0.25, 0.3) is 0 Å². The number of anilines is 1. The van der Waals surface area contributed by atoms with Gasteiger partial charge in [-0.1, -0.05) is 41.7 Å². The standard InChI is InChI=1S/C15H12FN3S/c1-10(11-6-2-3-7-12(11)16)18-19-15-17-13-8-4-5-9-14(13)20-15/h2-9H,1H3,(H,17,19)/b18-10-. The molecule has 0 unspecified atom stereocenters. The third-order valence-corrected chi connectivity index (χ3v) is 3.82. The van der Waals surface area contributed by atoms with Crippen molar-refractivity contribution in [3.05, 3.63) is 59.9 Å². The topological polar surface area (TPSA) is 37.3 Å². The van der Waals surface area contributed by atoms with Crippen LogP contribution in [-0.4, -0.2) is 10.7 Å². The van der Waals surface area contributed by atoms with E-state index in [1.807, 2.05) is 24.3 Å². The molecule has 2 aromatic carbocycles. The number of rotatable bonds is 3. The van der Waals surface area contributed by atoms with Gasteiger partial charge in [-0.05, 0) is 25.1 Å². The Bertz CT molecular complexity index is 746. The van der Waals surface area contributed by atoms with Gasteiger partial charge in [0, 0.05) is 5.56 Å². The number of nitrogens with one attached hydrogen (secondary N) is 1. The molecule has 1 aromatic heterocycles. The molecule has 3 aromatic rings. The highest BCUT2D eigenvalue weighted by atomic mass is 32.1. The van der Waals surface area contributed by atoms with E-state index in [4.69, 9.17) is 0 Å². The zero-order valence-corrected chi connectivity index (χ0v) is 11.6. The summed E-state index contributed by atoms with van der Waals surface area (Å²) in [5, 5.41) is 4.89. The molecule has 0 aliphatic heterocycles. The number of para-hydroxylation sites is 1. The number of hydrogen-bond acceptors (Lipinski definition) is 4. The number of halogens is 1. The van der Waals surface area contributed by atoms with E-state index in [2.05, 4.69) is 15.5 Å². The van der Waals surface area contributed by atoms with E-state index < -0.39 is 0 Å². The number of fused-ring (bicyclic) bond motifs is 1. The highest BCUT2D eigenvalue weighted by molar-refractivity contribution is 7.22.